The zero-order valence-electron chi connectivity index (χ0n) is 17.2. The third-order valence-corrected chi connectivity index (χ3v) is 6.54. The molecule has 1 aromatic carbocycles. The first-order chi connectivity index (χ1) is 14.5. The van der Waals surface area contributed by atoms with Gasteiger partial charge in [0.15, 0.2) is 5.82 Å². The van der Waals surface area contributed by atoms with E-state index >= 15 is 0 Å². The highest BCUT2D eigenvalue weighted by atomic mass is 19.1. The number of aromatic nitrogens is 2. The summed E-state index contributed by atoms with van der Waals surface area (Å²) in [6.45, 7) is 3.01. The van der Waals surface area contributed by atoms with Crippen molar-refractivity contribution in [3.8, 4) is 17.0 Å². The maximum atomic E-state index is 14.8. The molecule has 1 saturated heterocycles. The van der Waals surface area contributed by atoms with E-state index in [4.69, 9.17) is 14.2 Å². The Balaban J connectivity index is 1.64. The van der Waals surface area contributed by atoms with Crippen molar-refractivity contribution in [2.24, 2.45) is 0 Å². The summed E-state index contributed by atoms with van der Waals surface area (Å²) in [6, 6.07) is 3.05. The van der Waals surface area contributed by atoms with Gasteiger partial charge in [0.1, 0.15) is 22.9 Å². The van der Waals surface area contributed by atoms with Crippen molar-refractivity contribution in [2.75, 3.05) is 25.6 Å². The number of hydrogen-bond acceptors (Lipinski definition) is 7. The highest BCUT2D eigenvalue weighted by molar-refractivity contribution is 5.74. The van der Waals surface area contributed by atoms with Gasteiger partial charge in [-0.1, -0.05) is 0 Å². The van der Waals surface area contributed by atoms with Crippen LogP contribution in [0.1, 0.15) is 42.4 Å². The Bertz CT molecular complexity index is 954. The lowest BCUT2D eigenvalue weighted by molar-refractivity contribution is -0.0418. The fourth-order valence-corrected chi connectivity index (χ4v) is 5.05. The fourth-order valence-electron chi connectivity index (χ4n) is 5.05. The molecule has 1 spiro atoms. The smallest absolute Gasteiger partial charge is 0.155 e. The van der Waals surface area contributed by atoms with Crippen molar-refractivity contribution in [3.63, 3.8) is 0 Å². The van der Waals surface area contributed by atoms with Gasteiger partial charge in [-0.05, 0) is 43.9 Å². The first-order valence-electron chi connectivity index (χ1n) is 10.4. The number of aryl methyl sites for hydroxylation is 1. The minimum Gasteiger partial charge on any atom is -0.507 e. The van der Waals surface area contributed by atoms with E-state index in [0.717, 1.165) is 30.4 Å². The van der Waals surface area contributed by atoms with Crippen molar-refractivity contribution in [3.05, 3.63) is 34.6 Å². The van der Waals surface area contributed by atoms with Gasteiger partial charge in [-0.2, -0.15) is 0 Å². The number of aromatic hydroxyl groups is 1. The summed E-state index contributed by atoms with van der Waals surface area (Å²) in [5, 5.41) is 22.8. The fraction of sp³-hybridized carbons (Fsp3) is 0.545. The zero-order chi connectivity index (χ0) is 20.9. The second kappa shape index (κ2) is 7.44. The Morgan fingerprint density at radius 3 is 2.90 bits per heavy atom. The van der Waals surface area contributed by atoms with E-state index in [9.17, 15) is 9.50 Å². The number of hydrogen-bond donors (Lipinski definition) is 2. The average Bonchev–Trinajstić information content (AvgIpc) is 3.44. The second-order valence-electron chi connectivity index (χ2n) is 8.43. The molecule has 5 rings (SSSR count). The van der Waals surface area contributed by atoms with Crippen LogP contribution in [0.3, 0.4) is 0 Å². The van der Waals surface area contributed by atoms with E-state index in [-0.39, 0.29) is 30.1 Å². The molecule has 1 aromatic heterocycles. The first-order valence-corrected chi connectivity index (χ1v) is 10.4. The molecule has 2 fully saturated rings. The van der Waals surface area contributed by atoms with Crippen molar-refractivity contribution < 1.29 is 23.7 Å². The van der Waals surface area contributed by atoms with E-state index in [0.29, 0.717) is 36.7 Å². The van der Waals surface area contributed by atoms with Crippen molar-refractivity contribution in [2.45, 2.75) is 57.0 Å². The number of fused-ring (bicyclic) bond motifs is 2. The Morgan fingerprint density at radius 1 is 1.30 bits per heavy atom. The molecule has 0 amide bonds. The number of phenolic OH excluding ortho intramolecular Hbond substituents is 1. The summed E-state index contributed by atoms with van der Waals surface area (Å²) in [7, 11) is 1.72. The van der Waals surface area contributed by atoms with E-state index in [1.165, 1.54) is 12.1 Å². The normalized spacial score (nSPS) is 27.7. The van der Waals surface area contributed by atoms with Crippen molar-refractivity contribution in [1.82, 2.24) is 10.2 Å². The molecule has 2 aliphatic heterocycles. The highest BCUT2D eigenvalue weighted by Gasteiger charge is 2.48. The van der Waals surface area contributed by atoms with Gasteiger partial charge in [0.05, 0.1) is 30.9 Å². The van der Waals surface area contributed by atoms with Crippen LogP contribution in [0.2, 0.25) is 0 Å². The number of ether oxygens (including phenoxy) is 3. The van der Waals surface area contributed by atoms with Gasteiger partial charge in [-0.3, -0.25) is 0 Å². The van der Waals surface area contributed by atoms with Crippen LogP contribution in [0.15, 0.2) is 12.1 Å². The van der Waals surface area contributed by atoms with E-state index in [2.05, 4.69) is 15.5 Å². The SMILES string of the molecule is CO[C@@H]1CCC[C@H]1Nc1nnc(-c2c(O)cc(C)cc2F)c2c1[C@@]1(CCOC1)OC2. The second-order valence-corrected chi connectivity index (χ2v) is 8.43. The molecule has 3 heterocycles. The summed E-state index contributed by atoms with van der Waals surface area (Å²) >= 11 is 0. The number of benzene rings is 1. The van der Waals surface area contributed by atoms with Gasteiger partial charge in [0.25, 0.3) is 0 Å². The maximum Gasteiger partial charge on any atom is 0.155 e. The van der Waals surface area contributed by atoms with Crippen LogP contribution in [-0.4, -0.2) is 47.8 Å². The molecule has 2 aromatic rings. The Kier molecular flexibility index (Phi) is 4.88. The predicted octanol–water partition coefficient (Wildman–Crippen LogP) is 3.42. The molecule has 0 unspecified atom stereocenters. The highest BCUT2D eigenvalue weighted by Crippen LogP contribution is 2.49. The summed E-state index contributed by atoms with van der Waals surface area (Å²) in [6.07, 6.45) is 3.86. The minimum atomic E-state index is -0.625. The van der Waals surface area contributed by atoms with Crippen molar-refractivity contribution in [1.29, 1.82) is 0 Å². The van der Waals surface area contributed by atoms with Gasteiger partial charge in [-0.25, -0.2) is 4.39 Å². The van der Waals surface area contributed by atoms with E-state index in [1.807, 2.05) is 0 Å². The predicted molar refractivity (Wildman–Crippen MR) is 108 cm³/mol. The number of rotatable bonds is 4. The Hall–Kier alpha value is -2.29. The lowest BCUT2D eigenvalue weighted by Gasteiger charge is -2.27. The van der Waals surface area contributed by atoms with Crippen LogP contribution < -0.4 is 5.32 Å². The zero-order valence-corrected chi connectivity index (χ0v) is 17.2. The molecule has 3 atom stereocenters. The standard InChI is InChI=1S/C22H26FN3O4/c1-12-8-14(23)18(16(27)9-12)20-13-10-30-22(6-7-29-11-22)19(13)21(26-25-20)24-15-4-3-5-17(15)28-2/h8-9,15,17,27H,3-7,10-11H2,1-2H3,(H,24,26)/t15-,17-,22+/m1/s1. The van der Waals surface area contributed by atoms with E-state index < -0.39 is 11.4 Å². The van der Waals surface area contributed by atoms with Gasteiger partial charge in [0.2, 0.25) is 0 Å². The largest absolute Gasteiger partial charge is 0.507 e. The monoisotopic (exact) mass is 415 g/mol. The quantitative estimate of drug-likeness (QED) is 0.791. The molecule has 1 saturated carbocycles. The molecule has 30 heavy (non-hydrogen) atoms. The molecular weight excluding hydrogens is 389 g/mol. The molecule has 8 heteroatoms. The number of nitrogens with zero attached hydrogens (tertiary/aromatic N) is 2. The number of nitrogens with one attached hydrogen (secondary N) is 1. The van der Waals surface area contributed by atoms with Gasteiger partial charge in [0, 0.05) is 31.3 Å². The van der Waals surface area contributed by atoms with Crippen LogP contribution >= 0.6 is 0 Å². The topological polar surface area (TPSA) is 85.7 Å². The molecular formula is C22H26FN3O4. The van der Waals surface area contributed by atoms with Crippen LogP contribution in [0.4, 0.5) is 10.2 Å². The van der Waals surface area contributed by atoms with Gasteiger partial charge >= 0.3 is 0 Å². The average molecular weight is 415 g/mol. The molecule has 0 bridgehead atoms. The number of halogens is 1. The van der Waals surface area contributed by atoms with Crippen molar-refractivity contribution >= 4 is 5.82 Å². The summed E-state index contributed by atoms with van der Waals surface area (Å²) in [4.78, 5) is 0. The maximum absolute atomic E-state index is 14.8. The molecule has 1 aliphatic carbocycles. The molecule has 0 radical (unpaired) electrons. The molecule has 160 valence electrons. The third kappa shape index (κ3) is 3.05. The van der Waals surface area contributed by atoms with Crippen LogP contribution in [0, 0.1) is 12.7 Å². The molecule has 7 nitrogen and oxygen atoms in total. The van der Waals surface area contributed by atoms with Crippen LogP contribution in [0.5, 0.6) is 5.75 Å². The Labute approximate surface area is 174 Å². The summed E-state index contributed by atoms with van der Waals surface area (Å²) < 4.78 is 32.3. The number of anilines is 1. The summed E-state index contributed by atoms with van der Waals surface area (Å²) in [5.41, 5.74) is 2.02. The first kappa shape index (κ1) is 19.7. The van der Waals surface area contributed by atoms with Crippen LogP contribution in [-0.2, 0) is 26.4 Å². The van der Waals surface area contributed by atoms with Crippen LogP contribution in [0.25, 0.3) is 11.3 Å². The summed E-state index contributed by atoms with van der Waals surface area (Å²) in [5.74, 6) is -0.0372. The Morgan fingerprint density at radius 2 is 2.17 bits per heavy atom. The lowest BCUT2D eigenvalue weighted by Crippen LogP contribution is -2.33. The minimum absolute atomic E-state index is 0.0612. The third-order valence-electron chi connectivity index (χ3n) is 6.54. The van der Waals surface area contributed by atoms with E-state index in [1.54, 1.807) is 14.0 Å². The van der Waals surface area contributed by atoms with Gasteiger partial charge in [-0.15, -0.1) is 10.2 Å². The molecule has 2 N–H and O–H groups in total. The molecule has 3 aliphatic rings. The number of methoxy groups -OCH3 is 1. The lowest BCUT2D eigenvalue weighted by atomic mass is 9.90. The number of phenols is 1. The van der Waals surface area contributed by atoms with Gasteiger partial charge < -0.3 is 24.6 Å².